The number of benzene rings is 2. The number of nitrogens with zero attached hydrogens (tertiary/aromatic N) is 1. The molecule has 2 N–H and O–H groups in total. The average molecular weight is 532 g/mol. The Hall–Kier alpha value is -3.63. The van der Waals surface area contributed by atoms with Crippen LogP contribution in [0.5, 0.6) is 0 Å². The van der Waals surface area contributed by atoms with Crippen LogP contribution in [0.2, 0.25) is 5.02 Å². The van der Waals surface area contributed by atoms with Crippen LogP contribution in [-0.2, 0) is 16.4 Å². The maximum atomic E-state index is 15.0. The van der Waals surface area contributed by atoms with E-state index in [0.717, 1.165) is 12.1 Å². The number of sulfonamides is 1. The first kappa shape index (κ1) is 25.5. The molecule has 0 unspecified atom stereocenters. The Balaban J connectivity index is 1.64. The summed E-state index contributed by atoms with van der Waals surface area (Å²) >= 11 is 5.89. The second-order valence-electron chi connectivity index (χ2n) is 8.08. The van der Waals surface area contributed by atoms with Crippen molar-refractivity contribution in [3.8, 4) is 0 Å². The molecule has 2 aromatic carbocycles. The van der Waals surface area contributed by atoms with Gasteiger partial charge in [-0.3, -0.25) is 14.3 Å². The van der Waals surface area contributed by atoms with Crippen molar-refractivity contribution in [1.82, 2.24) is 9.97 Å². The van der Waals surface area contributed by atoms with Crippen LogP contribution < -0.4 is 4.72 Å². The molecule has 0 fully saturated rings. The molecule has 4 rings (SSSR count). The molecule has 0 radical (unpaired) electrons. The largest absolute Gasteiger partial charge is 0.345 e. The molecule has 2 aromatic heterocycles. The zero-order valence-corrected chi connectivity index (χ0v) is 20.5. The molecule has 0 saturated heterocycles. The number of anilines is 1. The smallest absolute Gasteiger partial charge is 0.232 e. The van der Waals surface area contributed by atoms with E-state index in [9.17, 15) is 26.8 Å². The van der Waals surface area contributed by atoms with Crippen molar-refractivity contribution in [3.63, 3.8) is 0 Å². The number of hydrogen-bond acceptors (Lipinski definition) is 5. The lowest BCUT2D eigenvalue weighted by molar-refractivity contribution is 0.0984. The lowest BCUT2D eigenvalue weighted by atomic mass is 9.99. The van der Waals surface area contributed by atoms with Crippen LogP contribution in [-0.4, -0.2) is 35.7 Å². The maximum Gasteiger partial charge on any atom is 0.232 e. The van der Waals surface area contributed by atoms with Gasteiger partial charge in [0.25, 0.3) is 0 Å². The average Bonchev–Trinajstić information content (AvgIpc) is 3.24. The summed E-state index contributed by atoms with van der Waals surface area (Å²) in [6.07, 6.45) is 2.71. The number of H-pyrrole nitrogens is 1. The van der Waals surface area contributed by atoms with E-state index in [0.29, 0.717) is 39.2 Å². The second kappa shape index (κ2) is 10.2. The lowest BCUT2D eigenvalue weighted by Gasteiger charge is -2.11. The van der Waals surface area contributed by atoms with Crippen molar-refractivity contribution in [3.05, 3.63) is 93.8 Å². The molecule has 36 heavy (non-hydrogen) atoms. The zero-order chi connectivity index (χ0) is 26.0. The summed E-state index contributed by atoms with van der Waals surface area (Å²) in [5, 5.41) is 0.914. The lowest BCUT2D eigenvalue weighted by Crippen LogP contribution is -2.19. The molecule has 0 atom stereocenters. The minimum absolute atomic E-state index is 0.257. The van der Waals surface area contributed by atoms with Crippen molar-refractivity contribution >= 4 is 49.9 Å². The Morgan fingerprint density at radius 1 is 1.11 bits per heavy atom. The first-order chi connectivity index (χ1) is 17.1. The minimum atomic E-state index is -3.85. The number of rotatable bonds is 9. The Bertz CT molecular complexity index is 1590. The van der Waals surface area contributed by atoms with Crippen molar-refractivity contribution in [2.45, 2.75) is 19.8 Å². The number of hydrogen-bond donors (Lipinski definition) is 2. The van der Waals surface area contributed by atoms with Crippen LogP contribution in [0.4, 0.5) is 14.5 Å². The molecule has 0 aliphatic carbocycles. The zero-order valence-electron chi connectivity index (χ0n) is 18.9. The summed E-state index contributed by atoms with van der Waals surface area (Å²) in [6, 6.07) is 9.64. The van der Waals surface area contributed by atoms with E-state index in [2.05, 4.69) is 9.97 Å². The van der Waals surface area contributed by atoms with E-state index in [1.54, 1.807) is 37.3 Å². The highest BCUT2D eigenvalue weighted by atomic mass is 35.5. The molecule has 0 aliphatic rings. The SMILES string of the molecule is CCCS(=O)(=O)Nc1ccc(F)c(C(=O)Cc2cnc3[nH]cc(C(=O)c4ccc(Cl)cc4)c3c2)c1F. The number of carbonyl (C=O) groups excluding carboxylic acids is 2. The number of halogens is 3. The maximum absolute atomic E-state index is 15.0. The van der Waals surface area contributed by atoms with Gasteiger partial charge >= 0.3 is 0 Å². The van der Waals surface area contributed by atoms with E-state index < -0.39 is 45.1 Å². The van der Waals surface area contributed by atoms with Crippen LogP contribution in [0.25, 0.3) is 11.0 Å². The fourth-order valence-corrected chi connectivity index (χ4v) is 4.99. The third-order valence-corrected chi connectivity index (χ3v) is 7.14. The van der Waals surface area contributed by atoms with Crippen molar-refractivity contribution in [1.29, 1.82) is 0 Å². The first-order valence-corrected chi connectivity index (χ1v) is 12.9. The van der Waals surface area contributed by atoms with Crippen LogP contribution >= 0.6 is 11.6 Å². The predicted octanol–water partition coefficient (Wildman–Crippen LogP) is 5.30. The van der Waals surface area contributed by atoms with E-state index in [4.69, 9.17) is 11.6 Å². The number of Topliss-reactive ketones (excluding diaryl/α,β-unsaturated/α-hetero) is 1. The molecule has 0 amide bonds. The van der Waals surface area contributed by atoms with Gasteiger partial charge in [0.2, 0.25) is 10.0 Å². The fourth-order valence-electron chi connectivity index (χ4n) is 3.74. The number of nitrogens with one attached hydrogen (secondary N) is 2. The van der Waals surface area contributed by atoms with E-state index in [1.165, 1.54) is 12.4 Å². The van der Waals surface area contributed by atoms with Gasteiger partial charge in [-0.25, -0.2) is 22.2 Å². The van der Waals surface area contributed by atoms with Crippen LogP contribution in [0, 0.1) is 11.6 Å². The second-order valence-corrected chi connectivity index (χ2v) is 10.4. The molecular formula is C25H20ClF2N3O4S. The minimum Gasteiger partial charge on any atom is -0.345 e. The fraction of sp³-hybridized carbons (Fsp3) is 0.160. The number of carbonyl (C=O) groups is 2. The normalized spacial score (nSPS) is 11.6. The number of ketones is 2. The van der Waals surface area contributed by atoms with Gasteiger partial charge in [0.1, 0.15) is 11.5 Å². The van der Waals surface area contributed by atoms with Gasteiger partial charge in [0.15, 0.2) is 17.4 Å². The Morgan fingerprint density at radius 3 is 2.53 bits per heavy atom. The van der Waals surface area contributed by atoms with Gasteiger partial charge in [-0.15, -0.1) is 0 Å². The molecule has 4 aromatic rings. The Kier molecular flexibility index (Phi) is 7.18. The van der Waals surface area contributed by atoms with Gasteiger partial charge in [-0.05, 0) is 54.4 Å². The summed E-state index contributed by atoms with van der Waals surface area (Å²) < 4.78 is 55.5. The van der Waals surface area contributed by atoms with Crippen LogP contribution in [0.15, 0.2) is 54.9 Å². The quantitative estimate of drug-likeness (QED) is 0.285. The van der Waals surface area contributed by atoms with Gasteiger partial charge in [0.05, 0.1) is 17.0 Å². The molecule has 0 bridgehead atoms. The topological polar surface area (TPSA) is 109 Å². The highest BCUT2D eigenvalue weighted by Crippen LogP contribution is 2.26. The molecule has 2 heterocycles. The highest BCUT2D eigenvalue weighted by Gasteiger charge is 2.23. The van der Waals surface area contributed by atoms with Gasteiger partial charge < -0.3 is 4.98 Å². The number of pyridine rings is 1. The number of fused-ring (bicyclic) bond motifs is 1. The molecule has 7 nitrogen and oxygen atoms in total. The van der Waals surface area contributed by atoms with Crippen molar-refractivity contribution in [2.75, 3.05) is 10.5 Å². The van der Waals surface area contributed by atoms with Gasteiger partial charge in [-0.2, -0.15) is 0 Å². The Labute approximate surface area is 210 Å². The van der Waals surface area contributed by atoms with Crippen LogP contribution in [0.3, 0.4) is 0 Å². The van der Waals surface area contributed by atoms with E-state index >= 15 is 0 Å². The number of aromatic amines is 1. The third kappa shape index (κ3) is 5.29. The summed E-state index contributed by atoms with van der Waals surface area (Å²) in [5.41, 5.74) is 0.0369. The summed E-state index contributed by atoms with van der Waals surface area (Å²) in [7, 11) is -3.85. The monoisotopic (exact) mass is 531 g/mol. The standard InChI is InChI=1S/C25H20ClF2N3O4S/c1-2-9-36(34,35)31-20-8-7-19(27)22(23(20)28)21(32)11-14-10-17-18(13-30-25(17)29-12-14)24(33)15-3-5-16(26)6-4-15/h3-8,10,12-13,31H,2,9,11H2,1H3,(H,29,30). The molecule has 186 valence electrons. The van der Waals surface area contributed by atoms with Gasteiger partial charge in [0, 0.05) is 40.4 Å². The highest BCUT2D eigenvalue weighted by molar-refractivity contribution is 7.92. The van der Waals surface area contributed by atoms with Crippen LogP contribution in [0.1, 0.15) is 45.2 Å². The van der Waals surface area contributed by atoms with Crippen molar-refractivity contribution < 1.29 is 26.8 Å². The predicted molar refractivity (Wildman–Crippen MR) is 133 cm³/mol. The van der Waals surface area contributed by atoms with Gasteiger partial charge in [-0.1, -0.05) is 18.5 Å². The molecule has 11 heteroatoms. The molecular weight excluding hydrogens is 512 g/mol. The summed E-state index contributed by atoms with van der Waals surface area (Å²) in [5.74, 6) is -3.89. The Morgan fingerprint density at radius 2 is 1.83 bits per heavy atom. The first-order valence-electron chi connectivity index (χ1n) is 10.9. The summed E-state index contributed by atoms with van der Waals surface area (Å²) in [4.78, 5) is 32.9. The molecule has 0 saturated carbocycles. The molecule has 0 aliphatic heterocycles. The summed E-state index contributed by atoms with van der Waals surface area (Å²) in [6.45, 7) is 1.64. The van der Waals surface area contributed by atoms with E-state index in [-0.39, 0.29) is 11.5 Å². The third-order valence-electron chi connectivity index (χ3n) is 5.41. The molecule has 0 spiro atoms. The number of aromatic nitrogens is 2. The van der Waals surface area contributed by atoms with Crippen molar-refractivity contribution in [2.24, 2.45) is 0 Å². The van der Waals surface area contributed by atoms with E-state index in [1.807, 2.05) is 4.72 Å².